The van der Waals surface area contributed by atoms with Gasteiger partial charge < -0.3 is 0 Å². The number of aryl methyl sites for hydroxylation is 2. The molecule has 1 aliphatic carbocycles. The minimum atomic E-state index is -0.356. The fraction of sp³-hybridized carbons (Fsp3) is 0.294. The van der Waals surface area contributed by atoms with E-state index in [9.17, 15) is 9.18 Å². The first-order valence-corrected chi connectivity index (χ1v) is 6.90. The Morgan fingerprint density at radius 1 is 1.35 bits per heavy atom. The van der Waals surface area contributed by atoms with Crippen molar-refractivity contribution in [3.63, 3.8) is 0 Å². The van der Waals surface area contributed by atoms with Crippen LogP contribution in [0.3, 0.4) is 0 Å². The zero-order chi connectivity index (χ0) is 14.1. The number of aromatic nitrogens is 1. The van der Waals surface area contributed by atoms with E-state index in [1.165, 1.54) is 12.1 Å². The van der Waals surface area contributed by atoms with Crippen molar-refractivity contribution in [2.45, 2.75) is 32.1 Å². The summed E-state index contributed by atoms with van der Waals surface area (Å²) in [6.07, 6.45) is 4.46. The zero-order valence-corrected chi connectivity index (χ0v) is 11.4. The number of rotatable bonds is 2. The second kappa shape index (κ2) is 5.16. The van der Waals surface area contributed by atoms with Crippen LogP contribution in [0.1, 0.15) is 45.9 Å². The van der Waals surface area contributed by atoms with Gasteiger partial charge in [-0.3, -0.25) is 9.78 Å². The highest BCUT2D eigenvalue weighted by Crippen LogP contribution is 2.32. The van der Waals surface area contributed by atoms with Crippen LogP contribution in [-0.2, 0) is 6.42 Å². The van der Waals surface area contributed by atoms with Crippen molar-refractivity contribution in [1.29, 1.82) is 0 Å². The molecule has 2 nitrogen and oxygen atoms in total. The number of Topliss-reactive ketones (excluding diaryl/α,β-unsaturated/α-hetero) is 1. The number of fused-ring (bicyclic) bond motifs is 1. The third-order valence-electron chi connectivity index (χ3n) is 3.84. The van der Waals surface area contributed by atoms with Crippen LogP contribution in [0.15, 0.2) is 36.5 Å². The van der Waals surface area contributed by atoms with Crippen molar-refractivity contribution < 1.29 is 9.18 Å². The van der Waals surface area contributed by atoms with Gasteiger partial charge >= 0.3 is 0 Å². The Morgan fingerprint density at radius 3 is 3.00 bits per heavy atom. The fourth-order valence-corrected chi connectivity index (χ4v) is 2.94. The first kappa shape index (κ1) is 13.0. The predicted molar refractivity (Wildman–Crippen MR) is 75.4 cm³/mol. The van der Waals surface area contributed by atoms with Gasteiger partial charge in [-0.05, 0) is 61.6 Å². The zero-order valence-electron chi connectivity index (χ0n) is 11.4. The number of carbonyl (C=O) groups excluding carboxylic acids is 1. The Hall–Kier alpha value is -2.03. The normalized spacial score (nSPS) is 17.6. The van der Waals surface area contributed by atoms with E-state index in [1.54, 1.807) is 19.2 Å². The maximum absolute atomic E-state index is 13.5. The van der Waals surface area contributed by atoms with Gasteiger partial charge in [0.2, 0.25) is 0 Å². The van der Waals surface area contributed by atoms with Gasteiger partial charge in [-0.2, -0.15) is 0 Å². The molecule has 1 heterocycles. The van der Waals surface area contributed by atoms with E-state index in [-0.39, 0.29) is 17.5 Å². The molecule has 1 aromatic heterocycles. The molecular weight excluding hydrogens is 253 g/mol. The molecular formula is C17H16FNO. The molecule has 1 aromatic carbocycles. The second-order valence-electron chi connectivity index (χ2n) is 5.37. The van der Waals surface area contributed by atoms with Gasteiger partial charge in [-0.25, -0.2) is 4.39 Å². The Morgan fingerprint density at radius 2 is 2.20 bits per heavy atom. The minimum Gasteiger partial charge on any atom is -0.293 e. The third kappa shape index (κ3) is 2.36. The molecule has 0 saturated heterocycles. The van der Waals surface area contributed by atoms with E-state index in [1.807, 2.05) is 12.1 Å². The van der Waals surface area contributed by atoms with Crippen molar-refractivity contribution in [1.82, 2.24) is 4.98 Å². The lowest BCUT2D eigenvalue weighted by atomic mass is 9.82. The SMILES string of the molecule is Cc1cc(F)cc(C(=O)C2CCCc3cccnc32)c1. The number of nitrogens with zero attached hydrogens (tertiary/aromatic N) is 1. The van der Waals surface area contributed by atoms with Crippen LogP contribution in [0.4, 0.5) is 4.39 Å². The number of hydrogen-bond acceptors (Lipinski definition) is 2. The van der Waals surface area contributed by atoms with Crippen LogP contribution >= 0.6 is 0 Å². The summed E-state index contributed by atoms with van der Waals surface area (Å²) in [5.41, 5.74) is 3.23. The van der Waals surface area contributed by atoms with Crippen molar-refractivity contribution in [3.8, 4) is 0 Å². The number of ketones is 1. The van der Waals surface area contributed by atoms with E-state index in [2.05, 4.69) is 4.98 Å². The highest BCUT2D eigenvalue weighted by atomic mass is 19.1. The molecule has 20 heavy (non-hydrogen) atoms. The van der Waals surface area contributed by atoms with Crippen molar-refractivity contribution in [2.75, 3.05) is 0 Å². The van der Waals surface area contributed by atoms with Crippen LogP contribution < -0.4 is 0 Å². The van der Waals surface area contributed by atoms with Crippen LogP contribution in [0, 0.1) is 12.7 Å². The average molecular weight is 269 g/mol. The first-order valence-electron chi connectivity index (χ1n) is 6.90. The van der Waals surface area contributed by atoms with E-state index in [0.717, 1.165) is 36.1 Å². The lowest BCUT2D eigenvalue weighted by Gasteiger charge is -2.23. The molecule has 2 aromatic rings. The Kier molecular flexibility index (Phi) is 3.35. The molecule has 0 saturated carbocycles. The number of benzene rings is 1. The third-order valence-corrected chi connectivity index (χ3v) is 3.84. The van der Waals surface area contributed by atoms with Gasteiger partial charge in [0.1, 0.15) is 5.82 Å². The molecule has 1 aliphatic rings. The smallest absolute Gasteiger partial charge is 0.172 e. The lowest BCUT2D eigenvalue weighted by molar-refractivity contribution is 0.0948. The Bertz CT molecular complexity index is 646. The summed E-state index contributed by atoms with van der Waals surface area (Å²) in [7, 11) is 0. The molecule has 1 unspecified atom stereocenters. The minimum absolute atomic E-state index is 0.0211. The standard InChI is InChI=1S/C17H16FNO/c1-11-8-13(10-14(18)9-11)17(20)15-6-2-4-12-5-3-7-19-16(12)15/h3,5,7-10,15H,2,4,6H2,1H3. The molecule has 0 spiro atoms. The maximum atomic E-state index is 13.5. The molecule has 0 N–H and O–H groups in total. The maximum Gasteiger partial charge on any atom is 0.172 e. The van der Waals surface area contributed by atoms with Crippen LogP contribution in [-0.4, -0.2) is 10.8 Å². The van der Waals surface area contributed by atoms with Crippen molar-refractivity contribution in [2.24, 2.45) is 0 Å². The van der Waals surface area contributed by atoms with Crippen LogP contribution in [0.5, 0.6) is 0 Å². The van der Waals surface area contributed by atoms with E-state index in [0.29, 0.717) is 5.56 Å². The largest absolute Gasteiger partial charge is 0.293 e. The predicted octanol–water partition coefficient (Wildman–Crippen LogP) is 3.83. The average Bonchev–Trinajstić information content (AvgIpc) is 2.45. The summed E-state index contributed by atoms with van der Waals surface area (Å²) < 4.78 is 13.5. The second-order valence-corrected chi connectivity index (χ2v) is 5.37. The summed E-state index contributed by atoms with van der Waals surface area (Å²) in [5, 5.41) is 0. The van der Waals surface area contributed by atoms with Gasteiger partial charge in [-0.15, -0.1) is 0 Å². The monoisotopic (exact) mass is 269 g/mol. The van der Waals surface area contributed by atoms with Gasteiger partial charge in [0, 0.05) is 11.8 Å². The number of pyridine rings is 1. The van der Waals surface area contributed by atoms with E-state index >= 15 is 0 Å². The molecule has 3 rings (SSSR count). The molecule has 1 atom stereocenters. The molecule has 0 fully saturated rings. The first-order chi connectivity index (χ1) is 9.65. The summed E-state index contributed by atoms with van der Waals surface area (Å²) >= 11 is 0. The lowest BCUT2D eigenvalue weighted by Crippen LogP contribution is -2.20. The van der Waals surface area contributed by atoms with Gasteiger partial charge in [0.15, 0.2) is 5.78 Å². The molecule has 3 heteroatoms. The molecule has 0 bridgehead atoms. The Labute approximate surface area is 117 Å². The number of halogens is 1. The summed E-state index contributed by atoms with van der Waals surface area (Å²) in [5.74, 6) is -0.612. The quantitative estimate of drug-likeness (QED) is 0.775. The number of hydrogen-bond donors (Lipinski definition) is 0. The molecule has 0 amide bonds. The van der Waals surface area contributed by atoms with E-state index in [4.69, 9.17) is 0 Å². The molecule has 102 valence electrons. The van der Waals surface area contributed by atoms with Crippen LogP contribution in [0.25, 0.3) is 0 Å². The highest BCUT2D eigenvalue weighted by molar-refractivity contribution is 6.01. The van der Waals surface area contributed by atoms with Gasteiger partial charge in [-0.1, -0.05) is 6.07 Å². The summed E-state index contributed by atoms with van der Waals surface area (Å²) in [6.45, 7) is 1.80. The highest BCUT2D eigenvalue weighted by Gasteiger charge is 2.28. The molecule has 0 aliphatic heterocycles. The van der Waals surface area contributed by atoms with Gasteiger partial charge in [0.05, 0.1) is 11.6 Å². The van der Waals surface area contributed by atoms with Crippen LogP contribution in [0.2, 0.25) is 0 Å². The number of carbonyl (C=O) groups is 1. The van der Waals surface area contributed by atoms with Gasteiger partial charge in [0.25, 0.3) is 0 Å². The summed E-state index contributed by atoms with van der Waals surface area (Å²) in [6, 6.07) is 8.44. The topological polar surface area (TPSA) is 30.0 Å². The summed E-state index contributed by atoms with van der Waals surface area (Å²) in [4.78, 5) is 17.0. The van der Waals surface area contributed by atoms with Crippen molar-refractivity contribution in [3.05, 3.63) is 64.7 Å². The fourth-order valence-electron chi connectivity index (χ4n) is 2.94. The Balaban J connectivity index is 1.99. The molecule has 0 radical (unpaired) electrons. The van der Waals surface area contributed by atoms with E-state index < -0.39 is 0 Å². The van der Waals surface area contributed by atoms with Crippen molar-refractivity contribution >= 4 is 5.78 Å².